The topological polar surface area (TPSA) is 15.6 Å². The lowest BCUT2D eigenvalue weighted by atomic mass is 10.1. The molecule has 0 saturated carbocycles. The Morgan fingerprint density at radius 3 is 3.17 bits per heavy atom. The third-order valence-corrected chi connectivity index (χ3v) is 1.95. The van der Waals surface area contributed by atoms with E-state index in [2.05, 4.69) is 11.6 Å². The molecule has 0 aromatic carbocycles. The summed E-state index contributed by atoms with van der Waals surface area (Å²) in [7, 11) is 0. The highest BCUT2D eigenvalue weighted by molar-refractivity contribution is 5.74. The number of allylic oxidation sites excluding steroid dienone is 4. The molecule has 0 aromatic heterocycles. The first kappa shape index (κ1) is 7.10. The second-order valence-corrected chi connectivity index (χ2v) is 2.87. The van der Waals surface area contributed by atoms with E-state index in [1.165, 1.54) is 5.57 Å². The van der Waals surface area contributed by atoms with E-state index in [4.69, 9.17) is 0 Å². The minimum Gasteiger partial charge on any atom is -0.308 e. The van der Waals surface area contributed by atoms with Crippen LogP contribution >= 0.6 is 0 Å². The Morgan fingerprint density at radius 1 is 1.50 bits per heavy atom. The smallest absolute Gasteiger partial charge is 0.137 e. The van der Waals surface area contributed by atoms with Crippen molar-refractivity contribution in [2.75, 3.05) is 0 Å². The molecule has 2 nitrogen and oxygen atoms in total. The van der Waals surface area contributed by atoms with Crippen LogP contribution in [0, 0.1) is 0 Å². The van der Waals surface area contributed by atoms with Crippen LogP contribution in [0.15, 0.2) is 53.1 Å². The van der Waals surface area contributed by atoms with Crippen molar-refractivity contribution in [3.63, 3.8) is 0 Å². The SMILES string of the molecule is C=C1C=C2N=CC=CN2C=C1C. The largest absolute Gasteiger partial charge is 0.308 e. The average Bonchev–Trinajstić information content (AvgIpc) is 2.07. The Kier molecular flexibility index (Phi) is 1.47. The molecule has 2 heteroatoms. The molecule has 0 saturated heterocycles. The molecule has 0 amide bonds. The van der Waals surface area contributed by atoms with Crippen molar-refractivity contribution in [3.05, 3.63) is 48.1 Å². The van der Waals surface area contributed by atoms with Crippen LogP contribution in [0.5, 0.6) is 0 Å². The summed E-state index contributed by atoms with van der Waals surface area (Å²) in [4.78, 5) is 6.20. The Balaban J connectivity index is 2.41. The molecule has 60 valence electrons. The van der Waals surface area contributed by atoms with Crippen LogP contribution in [0.1, 0.15) is 6.92 Å². The molecule has 2 aliphatic heterocycles. The molecule has 0 spiro atoms. The van der Waals surface area contributed by atoms with Crippen molar-refractivity contribution in [3.8, 4) is 0 Å². The van der Waals surface area contributed by atoms with Crippen LogP contribution < -0.4 is 0 Å². The predicted molar refractivity (Wildman–Crippen MR) is 50.5 cm³/mol. The summed E-state index contributed by atoms with van der Waals surface area (Å²) >= 11 is 0. The fourth-order valence-corrected chi connectivity index (χ4v) is 1.18. The van der Waals surface area contributed by atoms with Gasteiger partial charge in [-0.15, -0.1) is 0 Å². The van der Waals surface area contributed by atoms with E-state index < -0.39 is 0 Å². The molecule has 0 aromatic rings. The van der Waals surface area contributed by atoms with Crippen LogP contribution in [-0.4, -0.2) is 11.1 Å². The van der Waals surface area contributed by atoms with Crippen LogP contribution in [0.2, 0.25) is 0 Å². The van der Waals surface area contributed by atoms with Gasteiger partial charge in [-0.3, -0.25) is 0 Å². The van der Waals surface area contributed by atoms with Crippen molar-refractivity contribution < 1.29 is 0 Å². The highest BCUT2D eigenvalue weighted by atomic mass is 15.2. The van der Waals surface area contributed by atoms with Gasteiger partial charge in [0.25, 0.3) is 0 Å². The summed E-state index contributed by atoms with van der Waals surface area (Å²) in [6, 6.07) is 0. The monoisotopic (exact) mass is 158 g/mol. The van der Waals surface area contributed by atoms with Gasteiger partial charge in [0.15, 0.2) is 0 Å². The van der Waals surface area contributed by atoms with Gasteiger partial charge in [-0.25, -0.2) is 4.99 Å². The number of rotatable bonds is 0. The van der Waals surface area contributed by atoms with Crippen LogP contribution in [-0.2, 0) is 0 Å². The summed E-state index contributed by atoms with van der Waals surface area (Å²) < 4.78 is 0. The lowest BCUT2D eigenvalue weighted by Crippen LogP contribution is -2.15. The minimum atomic E-state index is 0.938. The molecule has 0 fully saturated rings. The summed E-state index contributed by atoms with van der Waals surface area (Å²) in [5, 5.41) is 0. The van der Waals surface area contributed by atoms with E-state index in [1.807, 2.05) is 36.4 Å². The van der Waals surface area contributed by atoms with Gasteiger partial charge in [-0.1, -0.05) is 6.58 Å². The normalized spacial score (nSPS) is 20.4. The molecule has 2 rings (SSSR count). The molecular formula is C10H10N2. The van der Waals surface area contributed by atoms with E-state index >= 15 is 0 Å². The van der Waals surface area contributed by atoms with Crippen LogP contribution in [0.4, 0.5) is 0 Å². The first-order chi connectivity index (χ1) is 5.77. The highest BCUT2D eigenvalue weighted by Gasteiger charge is 2.11. The fraction of sp³-hybridized carbons (Fsp3) is 0.100. The zero-order valence-electron chi connectivity index (χ0n) is 6.99. The summed E-state index contributed by atoms with van der Waals surface area (Å²) in [5.74, 6) is 0.938. The number of aliphatic imine (C=N–C) groups is 1. The summed E-state index contributed by atoms with van der Waals surface area (Å²) in [5.41, 5.74) is 2.22. The maximum absolute atomic E-state index is 4.21. The van der Waals surface area contributed by atoms with E-state index in [-0.39, 0.29) is 0 Å². The van der Waals surface area contributed by atoms with Gasteiger partial charge in [0.1, 0.15) is 5.82 Å². The van der Waals surface area contributed by atoms with Crippen molar-refractivity contribution in [1.82, 2.24) is 4.90 Å². The second-order valence-electron chi connectivity index (χ2n) is 2.87. The molecule has 2 heterocycles. The number of fused-ring (bicyclic) bond motifs is 1. The Bertz CT molecular complexity index is 343. The molecule has 0 bridgehead atoms. The van der Waals surface area contributed by atoms with E-state index in [1.54, 1.807) is 6.21 Å². The number of hydrogen-bond donors (Lipinski definition) is 0. The van der Waals surface area contributed by atoms with Gasteiger partial charge < -0.3 is 4.90 Å². The zero-order valence-corrected chi connectivity index (χ0v) is 6.99. The van der Waals surface area contributed by atoms with E-state index in [0.717, 1.165) is 11.4 Å². The Labute approximate surface area is 71.9 Å². The van der Waals surface area contributed by atoms with Crippen LogP contribution in [0.3, 0.4) is 0 Å². The minimum absolute atomic E-state index is 0.938. The maximum atomic E-state index is 4.21. The van der Waals surface area contributed by atoms with Gasteiger partial charge in [0, 0.05) is 18.6 Å². The number of hydrogen-bond acceptors (Lipinski definition) is 2. The maximum Gasteiger partial charge on any atom is 0.137 e. The summed E-state index contributed by atoms with van der Waals surface area (Å²) in [6.45, 7) is 5.96. The quantitative estimate of drug-likeness (QED) is 0.527. The lowest BCUT2D eigenvalue weighted by Gasteiger charge is -2.23. The molecular weight excluding hydrogens is 148 g/mol. The lowest BCUT2D eigenvalue weighted by molar-refractivity contribution is 0.603. The van der Waals surface area contributed by atoms with Gasteiger partial charge in [0.05, 0.1) is 0 Å². The molecule has 12 heavy (non-hydrogen) atoms. The van der Waals surface area contributed by atoms with Crippen molar-refractivity contribution in [2.24, 2.45) is 4.99 Å². The zero-order chi connectivity index (χ0) is 8.55. The second kappa shape index (κ2) is 2.48. The predicted octanol–water partition coefficient (Wildman–Crippen LogP) is 2.20. The van der Waals surface area contributed by atoms with Gasteiger partial charge >= 0.3 is 0 Å². The van der Waals surface area contributed by atoms with Crippen LogP contribution in [0.25, 0.3) is 0 Å². The van der Waals surface area contributed by atoms with Gasteiger partial charge in [-0.2, -0.15) is 0 Å². The molecule has 0 atom stereocenters. The Hall–Kier alpha value is -1.57. The van der Waals surface area contributed by atoms with Gasteiger partial charge in [-0.05, 0) is 30.2 Å². The molecule has 0 aliphatic carbocycles. The molecule has 0 N–H and O–H groups in total. The van der Waals surface area contributed by atoms with Crippen molar-refractivity contribution in [2.45, 2.75) is 6.92 Å². The molecule has 0 radical (unpaired) electrons. The van der Waals surface area contributed by atoms with E-state index in [0.29, 0.717) is 0 Å². The number of nitrogens with zero attached hydrogens (tertiary/aromatic N) is 2. The highest BCUT2D eigenvalue weighted by Crippen LogP contribution is 2.23. The van der Waals surface area contributed by atoms with Gasteiger partial charge in [0.2, 0.25) is 0 Å². The fourth-order valence-electron chi connectivity index (χ4n) is 1.18. The molecule has 0 unspecified atom stereocenters. The first-order valence-electron chi connectivity index (χ1n) is 3.86. The average molecular weight is 158 g/mol. The third kappa shape index (κ3) is 1.01. The standard InChI is InChI=1S/C10H10N2/c1-8-6-10-11-4-3-5-12(10)7-9(8)2/h3-7H,1H2,2H3. The van der Waals surface area contributed by atoms with E-state index in [9.17, 15) is 0 Å². The first-order valence-corrected chi connectivity index (χ1v) is 3.86. The van der Waals surface area contributed by atoms with Crippen molar-refractivity contribution >= 4 is 6.21 Å². The van der Waals surface area contributed by atoms with Crippen molar-refractivity contribution in [1.29, 1.82) is 0 Å². The summed E-state index contributed by atoms with van der Waals surface area (Å²) in [6.07, 6.45) is 9.69. The molecule has 2 aliphatic rings. The third-order valence-electron chi connectivity index (χ3n) is 1.95. The Morgan fingerprint density at radius 2 is 2.33 bits per heavy atom.